The van der Waals surface area contributed by atoms with Gasteiger partial charge in [-0.3, -0.25) is 0 Å². The highest BCUT2D eigenvalue weighted by Crippen LogP contribution is 2.31. The summed E-state index contributed by atoms with van der Waals surface area (Å²) < 4.78 is 41.8. The van der Waals surface area contributed by atoms with E-state index in [0.29, 0.717) is 11.1 Å². The molecular weight excluding hydrogens is 205 g/mol. The first-order chi connectivity index (χ1) is 7.07. The summed E-state index contributed by atoms with van der Waals surface area (Å²) in [6, 6.07) is 6.61. The van der Waals surface area contributed by atoms with E-state index in [-0.39, 0.29) is 0 Å². The Morgan fingerprint density at radius 2 is 1.93 bits per heavy atom. The van der Waals surface area contributed by atoms with Crippen LogP contribution in [-0.4, -0.2) is 0 Å². The number of benzene rings is 1. The molecule has 0 aliphatic carbocycles. The van der Waals surface area contributed by atoms with Crippen LogP contribution >= 0.6 is 0 Å². The Kier molecular flexibility index (Phi) is 2.26. The van der Waals surface area contributed by atoms with Gasteiger partial charge in [0.2, 0.25) is 0 Å². The fraction of sp³-hybridized carbons (Fsp3) is 0.0909. The van der Waals surface area contributed by atoms with Crippen LogP contribution < -0.4 is 0 Å². The quantitative estimate of drug-likeness (QED) is 0.699. The molecule has 1 nitrogen and oxygen atoms in total. The summed E-state index contributed by atoms with van der Waals surface area (Å²) in [7, 11) is 0. The van der Waals surface area contributed by atoms with Gasteiger partial charge >= 0.3 is 6.18 Å². The molecule has 77 valence electrons. The third-order valence-electron chi connectivity index (χ3n) is 1.97. The Morgan fingerprint density at radius 1 is 1.13 bits per heavy atom. The Hall–Kier alpha value is -1.71. The summed E-state index contributed by atoms with van der Waals surface area (Å²) in [6.07, 6.45) is -0.459. The summed E-state index contributed by atoms with van der Waals surface area (Å²) in [5, 5.41) is 0. The maximum atomic E-state index is 12.4. The fourth-order valence-corrected chi connectivity index (χ4v) is 1.25. The predicted molar refractivity (Wildman–Crippen MR) is 48.0 cm³/mol. The Balaban J connectivity index is 2.44. The number of halogens is 3. The monoisotopic (exact) mass is 211 g/mol. The fourth-order valence-electron chi connectivity index (χ4n) is 1.25. The highest BCUT2D eigenvalue weighted by molar-refractivity contribution is 5.62. The second-order valence-electron chi connectivity index (χ2n) is 3.01. The molecule has 0 spiro atoms. The third-order valence-corrected chi connectivity index (χ3v) is 1.97. The van der Waals surface area contributed by atoms with E-state index in [1.165, 1.54) is 12.3 Å². The van der Waals surface area contributed by atoms with Crippen molar-refractivity contribution in [2.75, 3.05) is 0 Å². The minimum Gasteiger partial charge on any atom is -0.460 e. The first kappa shape index (κ1) is 9.83. The SMILES string of the molecule is FC(F)(F)c1cccc(-c2[c]occ2)c1. The zero-order valence-electron chi connectivity index (χ0n) is 7.51. The molecule has 0 aliphatic rings. The van der Waals surface area contributed by atoms with Crippen molar-refractivity contribution in [2.24, 2.45) is 0 Å². The lowest BCUT2D eigenvalue weighted by molar-refractivity contribution is -0.137. The lowest BCUT2D eigenvalue weighted by Crippen LogP contribution is -2.04. The molecule has 0 saturated heterocycles. The van der Waals surface area contributed by atoms with Crippen molar-refractivity contribution in [3.63, 3.8) is 0 Å². The Morgan fingerprint density at radius 3 is 2.53 bits per heavy atom. The summed E-state index contributed by atoms with van der Waals surface area (Å²) in [6.45, 7) is 0. The number of rotatable bonds is 1. The number of alkyl halides is 3. The van der Waals surface area contributed by atoms with Gasteiger partial charge in [-0.25, -0.2) is 0 Å². The van der Waals surface area contributed by atoms with Crippen LogP contribution in [0.5, 0.6) is 0 Å². The molecule has 0 amide bonds. The second-order valence-corrected chi connectivity index (χ2v) is 3.01. The molecule has 0 unspecified atom stereocenters. The molecule has 0 bridgehead atoms. The molecule has 0 fully saturated rings. The first-order valence-electron chi connectivity index (χ1n) is 4.20. The predicted octanol–water partition coefficient (Wildman–Crippen LogP) is 3.77. The molecule has 0 saturated carbocycles. The van der Waals surface area contributed by atoms with Gasteiger partial charge in [0.05, 0.1) is 11.8 Å². The minimum atomic E-state index is -4.32. The van der Waals surface area contributed by atoms with Crippen molar-refractivity contribution in [1.29, 1.82) is 0 Å². The normalized spacial score (nSPS) is 11.7. The summed E-state index contributed by atoms with van der Waals surface area (Å²) >= 11 is 0. The molecular formula is C11H6F3O. The average Bonchev–Trinajstić information content (AvgIpc) is 2.69. The van der Waals surface area contributed by atoms with Gasteiger partial charge in [0.15, 0.2) is 6.26 Å². The number of hydrogen-bond acceptors (Lipinski definition) is 1. The van der Waals surface area contributed by atoms with E-state index >= 15 is 0 Å². The zero-order chi connectivity index (χ0) is 10.9. The third kappa shape index (κ3) is 2.03. The zero-order valence-corrected chi connectivity index (χ0v) is 7.51. The molecule has 0 atom stereocenters. The number of furan rings is 1. The number of hydrogen-bond donors (Lipinski definition) is 0. The topological polar surface area (TPSA) is 13.1 Å². The molecule has 1 aromatic carbocycles. The highest BCUT2D eigenvalue weighted by Gasteiger charge is 2.30. The van der Waals surface area contributed by atoms with Gasteiger partial charge < -0.3 is 4.42 Å². The van der Waals surface area contributed by atoms with Gasteiger partial charge in [0, 0.05) is 5.56 Å². The maximum absolute atomic E-state index is 12.4. The molecule has 2 aromatic rings. The van der Waals surface area contributed by atoms with Gasteiger partial charge in [0.1, 0.15) is 0 Å². The van der Waals surface area contributed by atoms with E-state index in [4.69, 9.17) is 0 Å². The smallest absolute Gasteiger partial charge is 0.416 e. The molecule has 4 heteroatoms. The molecule has 1 radical (unpaired) electrons. The lowest BCUT2D eigenvalue weighted by Gasteiger charge is -2.07. The molecule has 1 aromatic heterocycles. The van der Waals surface area contributed by atoms with Crippen LogP contribution in [0.25, 0.3) is 11.1 Å². The van der Waals surface area contributed by atoms with Crippen molar-refractivity contribution in [3.8, 4) is 11.1 Å². The van der Waals surface area contributed by atoms with Gasteiger partial charge in [-0.1, -0.05) is 12.1 Å². The lowest BCUT2D eigenvalue weighted by atomic mass is 10.1. The average molecular weight is 211 g/mol. The van der Waals surface area contributed by atoms with Crippen molar-refractivity contribution in [2.45, 2.75) is 6.18 Å². The highest BCUT2D eigenvalue weighted by atomic mass is 19.4. The van der Waals surface area contributed by atoms with Crippen LogP contribution in [-0.2, 0) is 6.18 Å². The Labute approximate surface area is 84.1 Å². The molecule has 0 aliphatic heterocycles. The van der Waals surface area contributed by atoms with E-state index in [2.05, 4.69) is 10.7 Å². The largest absolute Gasteiger partial charge is 0.460 e. The van der Waals surface area contributed by atoms with Crippen LogP contribution in [0.15, 0.2) is 41.0 Å². The van der Waals surface area contributed by atoms with Crippen LogP contribution in [0.3, 0.4) is 0 Å². The second kappa shape index (κ2) is 3.46. The molecule has 2 rings (SSSR count). The Bertz CT molecular complexity index is 443. The van der Waals surface area contributed by atoms with Gasteiger partial charge in [-0.05, 0) is 23.8 Å². The van der Waals surface area contributed by atoms with E-state index in [1.54, 1.807) is 12.1 Å². The standard InChI is InChI=1S/C11H6F3O/c12-11(13,14)10-3-1-2-8(6-10)9-4-5-15-7-9/h1-6H. The van der Waals surface area contributed by atoms with Crippen LogP contribution in [0.1, 0.15) is 5.56 Å². The van der Waals surface area contributed by atoms with Gasteiger partial charge in [-0.2, -0.15) is 13.2 Å². The van der Waals surface area contributed by atoms with E-state index < -0.39 is 11.7 Å². The summed E-state index contributed by atoms with van der Waals surface area (Å²) in [4.78, 5) is 0. The van der Waals surface area contributed by atoms with Crippen LogP contribution in [0, 0.1) is 6.26 Å². The molecule has 1 heterocycles. The van der Waals surface area contributed by atoms with Crippen molar-refractivity contribution in [1.82, 2.24) is 0 Å². The van der Waals surface area contributed by atoms with Crippen LogP contribution in [0.2, 0.25) is 0 Å². The summed E-state index contributed by atoms with van der Waals surface area (Å²) in [5.74, 6) is 0. The van der Waals surface area contributed by atoms with Gasteiger partial charge in [-0.15, -0.1) is 0 Å². The van der Waals surface area contributed by atoms with E-state index in [1.807, 2.05) is 0 Å². The van der Waals surface area contributed by atoms with E-state index in [0.717, 1.165) is 12.1 Å². The van der Waals surface area contributed by atoms with Gasteiger partial charge in [0.25, 0.3) is 0 Å². The van der Waals surface area contributed by atoms with E-state index in [9.17, 15) is 13.2 Å². The molecule has 0 N–H and O–H groups in total. The maximum Gasteiger partial charge on any atom is 0.416 e. The minimum absolute atomic E-state index is 0.443. The van der Waals surface area contributed by atoms with Crippen molar-refractivity contribution in [3.05, 3.63) is 48.4 Å². The first-order valence-corrected chi connectivity index (χ1v) is 4.20. The van der Waals surface area contributed by atoms with Crippen molar-refractivity contribution >= 4 is 0 Å². The summed E-state index contributed by atoms with van der Waals surface area (Å²) in [5.41, 5.74) is 0.286. The van der Waals surface area contributed by atoms with Crippen LogP contribution in [0.4, 0.5) is 13.2 Å². The van der Waals surface area contributed by atoms with Crippen molar-refractivity contribution < 1.29 is 17.6 Å². The molecule has 15 heavy (non-hydrogen) atoms.